The van der Waals surface area contributed by atoms with Gasteiger partial charge in [0, 0.05) is 42.6 Å². The summed E-state index contributed by atoms with van der Waals surface area (Å²) in [6.45, 7) is 5.42. The molecule has 1 atom stereocenters. The molecule has 2 N–H and O–H groups in total. The number of ether oxygens (including phenoxy) is 1. The lowest BCUT2D eigenvalue weighted by Gasteiger charge is -2.38. The molecule has 1 aliphatic rings. The Morgan fingerprint density at radius 2 is 1.89 bits per heavy atom. The normalized spacial score (nSPS) is 16.5. The van der Waals surface area contributed by atoms with E-state index in [1.165, 1.54) is 27.0 Å². The summed E-state index contributed by atoms with van der Waals surface area (Å²) >= 11 is 0. The van der Waals surface area contributed by atoms with Crippen molar-refractivity contribution in [2.24, 2.45) is 0 Å². The van der Waals surface area contributed by atoms with Gasteiger partial charge in [-0.2, -0.15) is 13.2 Å². The second kappa shape index (κ2) is 9.77. The minimum Gasteiger partial charge on any atom is -0.496 e. The zero-order valence-corrected chi connectivity index (χ0v) is 20.9. The van der Waals surface area contributed by atoms with E-state index in [2.05, 4.69) is 15.3 Å². The van der Waals surface area contributed by atoms with Crippen LogP contribution in [0.4, 0.5) is 23.4 Å². The number of aromatic nitrogens is 2. The number of alkyl halides is 3. The summed E-state index contributed by atoms with van der Waals surface area (Å²) in [6.07, 6.45) is -4.25. The molecule has 1 amide bonds. The van der Waals surface area contributed by atoms with E-state index in [1.54, 1.807) is 24.0 Å². The van der Waals surface area contributed by atoms with E-state index in [1.807, 2.05) is 0 Å². The van der Waals surface area contributed by atoms with E-state index in [4.69, 9.17) is 4.74 Å². The van der Waals surface area contributed by atoms with E-state index < -0.39 is 29.2 Å². The van der Waals surface area contributed by atoms with Crippen LogP contribution in [0.25, 0.3) is 10.9 Å². The Balaban J connectivity index is 1.76. The van der Waals surface area contributed by atoms with Crippen molar-refractivity contribution in [1.82, 2.24) is 14.9 Å². The molecule has 0 bridgehead atoms. The minimum absolute atomic E-state index is 0.0706. The second-order valence-corrected chi connectivity index (χ2v) is 9.30. The quantitative estimate of drug-likeness (QED) is 0.455. The van der Waals surface area contributed by atoms with E-state index in [-0.39, 0.29) is 30.1 Å². The minimum atomic E-state index is -4.82. The van der Waals surface area contributed by atoms with Crippen molar-refractivity contribution in [1.29, 1.82) is 0 Å². The van der Waals surface area contributed by atoms with Crippen molar-refractivity contribution in [3.8, 4) is 5.75 Å². The number of nitrogens with one attached hydrogen (secondary N) is 1. The number of hydrogen-bond donors (Lipinski definition) is 2. The summed E-state index contributed by atoms with van der Waals surface area (Å²) in [5.74, 6) is -0.347. The SMILES string of the molecule is COc1cc2nc(C)nc(N[C@H](C)c3cccc(C(F)(F)F)c3F)c2cc1C1(O)CCN(C(C)=O)CC1. The average molecular weight is 521 g/mol. The fourth-order valence-electron chi connectivity index (χ4n) is 4.76. The number of likely N-dealkylation sites (tertiary alicyclic amines) is 1. The summed E-state index contributed by atoms with van der Waals surface area (Å²) in [7, 11) is 1.48. The van der Waals surface area contributed by atoms with Gasteiger partial charge in [-0.05, 0) is 38.8 Å². The van der Waals surface area contributed by atoms with Crippen molar-refractivity contribution in [3.05, 3.63) is 58.7 Å². The third-order valence-corrected chi connectivity index (χ3v) is 6.82. The molecule has 1 fully saturated rings. The van der Waals surface area contributed by atoms with E-state index in [9.17, 15) is 27.5 Å². The van der Waals surface area contributed by atoms with Crippen LogP contribution in [-0.4, -0.2) is 46.1 Å². The van der Waals surface area contributed by atoms with Crippen LogP contribution in [0.15, 0.2) is 30.3 Å². The van der Waals surface area contributed by atoms with Gasteiger partial charge in [0.05, 0.1) is 29.8 Å². The molecular weight excluding hydrogens is 492 g/mol. The van der Waals surface area contributed by atoms with Crippen LogP contribution < -0.4 is 10.1 Å². The Kier molecular flexibility index (Phi) is 7.02. The first-order chi connectivity index (χ1) is 17.3. The lowest BCUT2D eigenvalue weighted by Crippen LogP contribution is -2.44. The average Bonchev–Trinajstić information content (AvgIpc) is 2.82. The maximum atomic E-state index is 14.8. The summed E-state index contributed by atoms with van der Waals surface area (Å²) in [5.41, 5.74) is -1.82. The molecule has 0 spiro atoms. The Labute approximate surface area is 211 Å². The molecule has 0 aliphatic carbocycles. The van der Waals surface area contributed by atoms with Gasteiger partial charge in [0.25, 0.3) is 0 Å². The molecule has 11 heteroatoms. The highest BCUT2D eigenvalue weighted by Gasteiger charge is 2.38. The number of halogens is 4. The van der Waals surface area contributed by atoms with Crippen molar-refractivity contribution in [3.63, 3.8) is 0 Å². The van der Waals surface area contributed by atoms with Gasteiger partial charge >= 0.3 is 6.18 Å². The van der Waals surface area contributed by atoms with Crippen LogP contribution in [0.3, 0.4) is 0 Å². The van der Waals surface area contributed by atoms with Gasteiger partial charge in [0.1, 0.15) is 23.2 Å². The smallest absolute Gasteiger partial charge is 0.419 e. The second-order valence-electron chi connectivity index (χ2n) is 9.30. The van der Waals surface area contributed by atoms with Crippen LogP contribution in [-0.2, 0) is 16.6 Å². The summed E-state index contributed by atoms with van der Waals surface area (Å²) in [5, 5.41) is 15.0. The molecule has 1 aromatic heterocycles. The fourth-order valence-corrected chi connectivity index (χ4v) is 4.76. The number of piperidine rings is 1. The Morgan fingerprint density at radius 1 is 1.22 bits per heavy atom. The van der Waals surface area contributed by atoms with Crippen LogP contribution >= 0.6 is 0 Å². The number of fused-ring (bicyclic) bond motifs is 1. The highest BCUT2D eigenvalue weighted by atomic mass is 19.4. The zero-order chi connectivity index (χ0) is 27.1. The molecule has 4 rings (SSSR count). The molecule has 2 aromatic carbocycles. The van der Waals surface area contributed by atoms with Gasteiger partial charge in [0.15, 0.2) is 0 Å². The summed E-state index contributed by atoms with van der Waals surface area (Å²) < 4.78 is 60.1. The largest absolute Gasteiger partial charge is 0.496 e. The number of nitrogens with zero attached hydrogens (tertiary/aromatic N) is 3. The molecule has 1 saturated heterocycles. The number of hydrogen-bond acceptors (Lipinski definition) is 6. The van der Waals surface area contributed by atoms with Crippen LogP contribution in [0, 0.1) is 12.7 Å². The number of amides is 1. The number of carbonyl (C=O) groups excluding carboxylic acids is 1. The monoisotopic (exact) mass is 520 g/mol. The Morgan fingerprint density at radius 3 is 2.49 bits per heavy atom. The van der Waals surface area contributed by atoms with Gasteiger partial charge in [-0.1, -0.05) is 12.1 Å². The number of rotatable bonds is 5. The number of anilines is 1. The maximum absolute atomic E-state index is 14.8. The van der Waals surface area contributed by atoms with Gasteiger partial charge in [-0.15, -0.1) is 0 Å². The predicted molar refractivity (Wildman–Crippen MR) is 130 cm³/mol. The molecule has 0 saturated carbocycles. The zero-order valence-electron chi connectivity index (χ0n) is 20.9. The summed E-state index contributed by atoms with van der Waals surface area (Å²) in [6, 6.07) is 5.64. The topological polar surface area (TPSA) is 87.6 Å². The predicted octanol–water partition coefficient (Wildman–Crippen LogP) is 5.11. The fraction of sp³-hybridized carbons (Fsp3) is 0.423. The number of methoxy groups -OCH3 is 1. The van der Waals surface area contributed by atoms with E-state index >= 15 is 0 Å². The molecule has 1 aliphatic heterocycles. The number of carbonyl (C=O) groups is 1. The van der Waals surface area contributed by atoms with Crippen molar-refractivity contribution in [2.75, 3.05) is 25.5 Å². The first-order valence-corrected chi connectivity index (χ1v) is 11.8. The Bertz CT molecular complexity index is 1340. The molecule has 2 heterocycles. The first-order valence-electron chi connectivity index (χ1n) is 11.8. The van der Waals surface area contributed by atoms with E-state index in [0.29, 0.717) is 47.2 Å². The third-order valence-electron chi connectivity index (χ3n) is 6.82. The first kappa shape index (κ1) is 26.6. The van der Waals surface area contributed by atoms with Crippen LogP contribution in [0.1, 0.15) is 55.2 Å². The van der Waals surface area contributed by atoms with Gasteiger partial charge in [0.2, 0.25) is 5.91 Å². The lowest BCUT2D eigenvalue weighted by atomic mass is 9.83. The van der Waals surface area contributed by atoms with Gasteiger partial charge in [-0.25, -0.2) is 14.4 Å². The van der Waals surface area contributed by atoms with Crippen LogP contribution in [0.5, 0.6) is 5.75 Å². The number of aryl methyl sites for hydroxylation is 1. The number of aliphatic hydroxyl groups is 1. The molecular formula is C26H28F4N4O3. The van der Waals surface area contributed by atoms with E-state index in [0.717, 1.165) is 6.07 Å². The Hall–Kier alpha value is -3.47. The molecule has 0 unspecified atom stereocenters. The third kappa shape index (κ3) is 5.18. The highest BCUT2D eigenvalue weighted by Crippen LogP contribution is 2.42. The van der Waals surface area contributed by atoms with Crippen molar-refractivity contribution < 1.29 is 32.2 Å². The highest BCUT2D eigenvalue weighted by molar-refractivity contribution is 5.91. The van der Waals surface area contributed by atoms with Crippen molar-refractivity contribution >= 4 is 22.6 Å². The maximum Gasteiger partial charge on any atom is 0.419 e. The lowest BCUT2D eigenvalue weighted by molar-refractivity contribution is -0.140. The van der Waals surface area contributed by atoms with Gasteiger partial charge < -0.3 is 20.1 Å². The molecule has 3 aromatic rings. The van der Waals surface area contributed by atoms with Crippen molar-refractivity contribution in [2.45, 2.75) is 51.4 Å². The molecule has 0 radical (unpaired) electrons. The molecule has 198 valence electrons. The van der Waals surface area contributed by atoms with Gasteiger partial charge in [-0.3, -0.25) is 4.79 Å². The van der Waals surface area contributed by atoms with Crippen LogP contribution in [0.2, 0.25) is 0 Å². The number of benzene rings is 2. The molecule has 7 nitrogen and oxygen atoms in total. The molecule has 37 heavy (non-hydrogen) atoms. The standard InChI is InChI=1S/C26H28F4N4O3/c1-14(17-6-5-7-19(23(17)27)26(28,29)30)31-24-18-12-20(22(37-4)13-21(18)32-15(2)33-24)25(36)8-10-34(11-9-25)16(3)35/h5-7,12-14,36H,8-11H2,1-4H3,(H,31,32,33)/t14-/m1/s1. The summed E-state index contributed by atoms with van der Waals surface area (Å²) in [4.78, 5) is 22.3.